The van der Waals surface area contributed by atoms with Crippen LogP contribution in [-0.4, -0.2) is 166 Å². The fraction of sp³-hybridized carbons (Fsp3) is 0.962. The number of hydrogen-bond donors (Lipinski definition) is 3. The number of carbonyl (C=O) groups is 1. The van der Waals surface area contributed by atoms with Gasteiger partial charge >= 0.3 is 5.97 Å². The van der Waals surface area contributed by atoms with Crippen molar-refractivity contribution in [2.24, 2.45) is 28.8 Å². The molecule has 4 rings (SSSR count). The van der Waals surface area contributed by atoms with Gasteiger partial charge in [-0.1, -0.05) is 39.3 Å². The Bertz CT molecular complexity index is 1680. The summed E-state index contributed by atoms with van der Waals surface area (Å²) >= 11 is 0. The molecule has 70 heavy (non-hydrogen) atoms. The molecule has 0 aromatic heterocycles. The molecule has 0 aromatic carbocycles. The van der Waals surface area contributed by atoms with E-state index in [9.17, 15) is 20.1 Å². The lowest BCUT2D eigenvalue weighted by Gasteiger charge is -2.51. The van der Waals surface area contributed by atoms with Gasteiger partial charge in [0.1, 0.15) is 17.8 Å². The number of rotatable bonds is 15. The Balaban J connectivity index is 1.96. The molecule has 410 valence electrons. The van der Waals surface area contributed by atoms with Crippen LogP contribution in [0.2, 0.25) is 39.3 Å². The number of aliphatic hydroxyl groups is 3. The largest absolute Gasteiger partial charge is 0.459 e. The maximum absolute atomic E-state index is 14.8. The molecule has 0 radical (unpaired) electrons. The van der Waals surface area contributed by atoms with E-state index in [0.717, 1.165) is 19.3 Å². The molecule has 1 saturated carbocycles. The van der Waals surface area contributed by atoms with Gasteiger partial charge in [0.25, 0.3) is 0 Å². The van der Waals surface area contributed by atoms with Crippen LogP contribution in [0.5, 0.6) is 0 Å². The first kappa shape index (κ1) is 61.4. The summed E-state index contributed by atoms with van der Waals surface area (Å²) in [5, 5.41) is 43.0. The number of nitrogens with zero attached hydrogens (tertiary/aromatic N) is 2. The van der Waals surface area contributed by atoms with Crippen LogP contribution < -0.4 is 0 Å². The van der Waals surface area contributed by atoms with E-state index in [2.05, 4.69) is 44.2 Å². The van der Waals surface area contributed by atoms with Crippen molar-refractivity contribution < 1.29 is 67.0 Å². The molecule has 0 aromatic rings. The lowest BCUT2D eigenvalue weighted by molar-refractivity contribution is -0.315. The van der Waals surface area contributed by atoms with Crippen molar-refractivity contribution in [2.45, 2.75) is 276 Å². The SMILES string of the molecule is CCC1OC(=O)[C@H](C)C(O[C@H]2C[C@@](C)(OC)[C@@H](O[Si](C)(C)C)[C@H](C)O2)[C@H](C)[C@@H](O[C@@H]2O[C@H](C)C[C@H](N(C)C)[C@H]2O[Si](C)(C)C)[C@](C)(O)C[C@@H](C)/C(=N/OC2(OC(C)C)CCCCC2)[C@H](C)[C@@H](O)[C@]1(C)O. The molecule has 4 fully saturated rings. The first-order valence-electron chi connectivity index (χ1n) is 26.6. The van der Waals surface area contributed by atoms with Gasteiger partial charge in [-0.15, -0.1) is 0 Å². The van der Waals surface area contributed by atoms with Gasteiger partial charge in [0, 0.05) is 50.2 Å². The van der Waals surface area contributed by atoms with E-state index in [1.165, 1.54) is 6.92 Å². The van der Waals surface area contributed by atoms with Crippen LogP contribution in [0, 0.1) is 23.7 Å². The van der Waals surface area contributed by atoms with Crippen LogP contribution in [-0.2, 0) is 51.6 Å². The third kappa shape index (κ3) is 15.5. The predicted octanol–water partition coefficient (Wildman–Crippen LogP) is 8.39. The molecular weight excluding hydrogens is 933 g/mol. The number of hydrogen-bond acceptors (Lipinski definition) is 16. The third-order valence-electron chi connectivity index (χ3n) is 15.1. The zero-order chi connectivity index (χ0) is 53.1. The second-order valence-electron chi connectivity index (χ2n) is 24.7. The van der Waals surface area contributed by atoms with E-state index in [0.29, 0.717) is 25.0 Å². The second kappa shape index (κ2) is 24.3. The molecule has 4 aliphatic rings. The topological polar surface area (TPSA) is 186 Å². The number of cyclic esters (lactones) is 1. The van der Waals surface area contributed by atoms with Crippen molar-refractivity contribution in [3.05, 3.63) is 0 Å². The first-order chi connectivity index (χ1) is 32.1. The number of oxime groups is 1. The highest BCUT2D eigenvalue weighted by Crippen LogP contribution is 2.43. The average molecular weight is 1030 g/mol. The van der Waals surface area contributed by atoms with Gasteiger partial charge in [0.15, 0.2) is 29.2 Å². The normalized spacial score (nSPS) is 42.7. The molecule has 16 nitrogen and oxygen atoms in total. The number of aliphatic hydroxyl groups excluding tert-OH is 1. The third-order valence-corrected chi connectivity index (χ3v) is 17.1. The van der Waals surface area contributed by atoms with Gasteiger partial charge in [-0.05, 0) is 141 Å². The molecule has 18 atom stereocenters. The summed E-state index contributed by atoms with van der Waals surface area (Å²) < 4.78 is 60.5. The molecule has 3 saturated heterocycles. The van der Waals surface area contributed by atoms with Crippen molar-refractivity contribution >= 4 is 28.3 Å². The van der Waals surface area contributed by atoms with Gasteiger partial charge in [0.05, 0.1) is 65.6 Å². The van der Waals surface area contributed by atoms with Gasteiger partial charge in [-0.2, -0.15) is 0 Å². The number of ether oxygens (including phenoxy) is 7. The molecule has 0 spiro atoms. The Morgan fingerprint density at radius 1 is 0.829 bits per heavy atom. The van der Waals surface area contributed by atoms with Crippen molar-refractivity contribution in [2.75, 3.05) is 21.2 Å². The van der Waals surface area contributed by atoms with Crippen LogP contribution in [0.25, 0.3) is 0 Å². The highest BCUT2D eigenvalue weighted by Gasteiger charge is 2.55. The van der Waals surface area contributed by atoms with Crippen molar-refractivity contribution in [1.29, 1.82) is 0 Å². The lowest BCUT2D eigenvalue weighted by atomic mass is 9.73. The Hall–Kier alpha value is -1.11. The Kier molecular flexibility index (Phi) is 21.3. The molecule has 3 aliphatic heterocycles. The quantitative estimate of drug-likeness (QED) is 0.0614. The Labute approximate surface area is 425 Å². The summed E-state index contributed by atoms with van der Waals surface area (Å²) in [6.45, 7) is 35.1. The van der Waals surface area contributed by atoms with Crippen LogP contribution in [0.4, 0.5) is 0 Å². The number of esters is 1. The molecule has 3 N–H and O–H groups in total. The molecule has 18 heteroatoms. The number of methoxy groups -OCH3 is 1. The molecule has 0 bridgehead atoms. The highest BCUT2D eigenvalue weighted by atomic mass is 28.4. The fourth-order valence-electron chi connectivity index (χ4n) is 11.6. The van der Waals surface area contributed by atoms with E-state index in [-0.39, 0.29) is 37.5 Å². The van der Waals surface area contributed by atoms with Gasteiger partial charge in [-0.25, -0.2) is 0 Å². The number of carbonyl (C=O) groups excluding carboxylic acids is 1. The van der Waals surface area contributed by atoms with Gasteiger partial charge in [0.2, 0.25) is 5.79 Å². The van der Waals surface area contributed by atoms with Crippen molar-refractivity contribution in [1.82, 2.24) is 4.90 Å². The Morgan fingerprint density at radius 2 is 1.43 bits per heavy atom. The van der Waals surface area contributed by atoms with E-state index in [1.54, 1.807) is 34.8 Å². The molecule has 0 amide bonds. The van der Waals surface area contributed by atoms with Gasteiger partial charge < -0.3 is 67.1 Å². The summed E-state index contributed by atoms with van der Waals surface area (Å²) in [5.41, 5.74) is -4.07. The minimum absolute atomic E-state index is 0.0531. The maximum atomic E-state index is 14.8. The first-order valence-corrected chi connectivity index (χ1v) is 33.4. The summed E-state index contributed by atoms with van der Waals surface area (Å²) in [7, 11) is 1.42. The summed E-state index contributed by atoms with van der Waals surface area (Å²) in [4.78, 5) is 23.5. The Morgan fingerprint density at radius 3 is 1.96 bits per heavy atom. The minimum Gasteiger partial charge on any atom is -0.459 e. The average Bonchev–Trinajstić information content (AvgIpc) is 3.23. The van der Waals surface area contributed by atoms with Crippen molar-refractivity contribution in [3.8, 4) is 0 Å². The lowest BCUT2D eigenvalue weighted by Crippen LogP contribution is -2.62. The zero-order valence-electron chi connectivity index (χ0n) is 47.3. The zero-order valence-corrected chi connectivity index (χ0v) is 49.3. The van der Waals surface area contributed by atoms with E-state index < -0.39 is 124 Å². The highest BCUT2D eigenvalue weighted by molar-refractivity contribution is 6.70. The standard InChI is InChI=1S/C52H100N2O14Si2/c1-22-39-51(12,58)44(55)34(6)41(53-68-52(65-31(2)3)26-24-23-25-27-52)32(4)29-49(10,57)45(64-48-43(66-69(16,17)18)38(54(13)14)28-33(5)60-48)35(7)42(36(8)47(56)62-39)63-40-30-50(11,59-15)46(37(9)61-40)67-70(19,20)21/h31-40,42-46,48,55,57-58H,22-30H2,1-21H3/b53-41-/t32-,33-,34+,35+,36-,37+,38+,39?,40+,42?,43-,44-,45-,46+,48+,49-,50-,51-/m1/s1. The van der Waals surface area contributed by atoms with Crippen LogP contribution in [0.15, 0.2) is 5.16 Å². The molecule has 2 unspecified atom stereocenters. The monoisotopic (exact) mass is 1030 g/mol. The minimum atomic E-state index is -2.23. The van der Waals surface area contributed by atoms with Crippen LogP contribution in [0.3, 0.4) is 0 Å². The predicted molar refractivity (Wildman–Crippen MR) is 276 cm³/mol. The van der Waals surface area contributed by atoms with E-state index >= 15 is 0 Å². The molecular formula is C52H100N2O14Si2. The fourth-order valence-corrected chi connectivity index (χ4v) is 13.9. The van der Waals surface area contributed by atoms with Gasteiger partial charge in [-0.3, -0.25) is 4.79 Å². The van der Waals surface area contributed by atoms with Crippen LogP contribution in [0.1, 0.15) is 141 Å². The smallest absolute Gasteiger partial charge is 0.311 e. The second-order valence-corrected chi connectivity index (χ2v) is 33.6. The van der Waals surface area contributed by atoms with Crippen LogP contribution >= 0.6 is 0 Å². The molecule has 1 aliphatic carbocycles. The maximum Gasteiger partial charge on any atom is 0.311 e. The molecule has 3 heterocycles. The summed E-state index contributed by atoms with van der Waals surface area (Å²) in [6.07, 6.45) is -2.93. The van der Waals surface area contributed by atoms with Crippen molar-refractivity contribution in [3.63, 3.8) is 0 Å². The summed E-state index contributed by atoms with van der Waals surface area (Å²) in [5.74, 6) is -4.82. The summed E-state index contributed by atoms with van der Waals surface area (Å²) in [6, 6.07) is -0.0774. The number of likely N-dealkylation sites (N-methyl/N-ethyl adjacent to an activating group) is 1. The van der Waals surface area contributed by atoms with E-state index in [1.807, 2.05) is 62.6 Å². The van der Waals surface area contributed by atoms with E-state index in [4.69, 9.17) is 52.0 Å².